The quantitative estimate of drug-likeness (QED) is 0.159. The molecule has 0 amide bonds. The van der Waals surface area contributed by atoms with Crippen LogP contribution in [-0.4, -0.2) is 19.0 Å². The fourth-order valence-corrected chi connectivity index (χ4v) is 4.40. The number of nitrogens with zero attached hydrogens (tertiary/aromatic N) is 1. The van der Waals surface area contributed by atoms with E-state index in [1.54, 1.807) is 31.4 Å². The number of benzene rings is 3. The van der Waals surface area contributed by atoms with Gasteiger partial charge in [0.05, 0.1) is 20.7 Å². The lowest BCUT2D eigenvalue weighted by molar-refractivity contribution is -0.129. The summed E-state index contributed by atoms with van der Waals surface area (Å²) in [6.07, 6.45) is 1.65. The molecule has 3 aromatic carbocycles. The molecule has 0 bridgehead atoms. The summed E-state index contributed by atoms with van der Waals surface area (Å²) in [5, 5.41) is 0.953. The third-order valence-electron chi connectivity index (χ3n) is 4.63. The van der Waals surface area contributed by atoms with E-state index >= 15 is 0 Å². The van der Waals surface area contributed by atoms with Crippen LogP contribution in [0, 0.1) is 3.57 Å². The van der Waals surface area contributed by atoms with Crippen molar-refractivity contribution in [3.8, 4) is 11.5 Å². The predicted octanol–water partition coefficient (Wildman–Crippen LogP) is 7.29. The molecule has 0 unspecified atom stereocenters. The number of ether oxygens (including phenoxy) is 3. The van der Waals surface area contributed by atoms with E-state index in [9.17, 15) is 4.79 Å². The Morgan fingerprint density at radius 1 is 1.09 bits per heavy atom. The minimum atomic E-state index is -0.512. The van der Waals surface area contributed by atoms with Crippen molar-refractivity contribution in [1.82, 2.24) is 0 Å². The standard InChI is InChI=1S/C24H15BrCl2INO4/c1-31-21-11-14(9-19(28)22(21)32-12-13-2-7-17(26)18(27)8-13)10-20-24(30)33-23(29-20)15-3-5-16(25)6-4-15/h2-11H,12H2,1H3/b20-10-. The van der Waals surface area contributed by atoms with Crippen molar-refractivity contribution >= 4 is 79.7 Å². The molecule has 33 heavy (non-hydrogen) atoms. The number of cyclic esters (lactones) is 1. The average Bonchev–Trinajstić information content (AvgIpc) is 3.15. The van der Waals surface area contributed by atoms with Crippen LogP contribution >= 0.6 is 61.7 Å². The minimum Gasteiger partial charge on any atom is -0.493 e. The highest BCUT2D eigenvalue weighted by Crippen LogP contribution is 2.36. The van der Waals surface area contributed by atoms with Crippen molar-refractivity contribution < 1.29 is 19.0 Å². The Morgan fingerprint density at radius 2 is 1.85 bits per heavy atom. The lowest BCUT2D eigenvalue weighted by Crippen LogP contribution is -2.05. The van der Waals surface area contributed by atoms with Gasteiger partial charge in [0.15, 0.2) is 17.2 Å². The predicted molar refractivity (Wildman–Crippen MR) is 141 cm³/mol. The largest absolute Gasteiger partial charge is 0.493 e. The molecular formula is C24H15BrCl2INO4. The fourth-order valence-electron chi connectivity index (χ4n) is 3.03. The number of rotatable bonds is 6. The molecule has 0 aromatic heterocycles. The molecule has 1 aliphatic heterocycles. The van der Waals surface area contributed by atoms with E-state index in [2.05, 4.69) is 43.5 Å². The van der Waals surface area contributed by atoms with Crippen molar-refractivity contribution in [3.63, 3.8) is 0 Å². The van der Waals surface area contributed by atoms with Crippen LogP contribution in [0.25, 0.3) is 6.08 Å². The molecule has 1 aliphatic rings. The molecule has 4 rings (SSSR count). The zero-order valence-corrected chi connectivity index (χ0v) is 22.3. The Bertz CT molecular complexity index is 1290. The van der Waals surface area contributed by atoms with Crippen LogP contribution in [0.3, 0.4) is 0 Å². The lowest BCUT2D eigenvalue weighted by Gasteiger charge is -2.14. The number of carbonyl (C=O) groups excluding carboxylic acids is 1. The molecule has 9 heteroatoms. The van der Waals surface area contributed by atoms with E-state index in [0.717, 1.165) is 19.2 Å². The van der Waals surface area contributed by atoms with Crippen molar-refractivity contribution in [2.45, 2.75) is 6.61 Å². The number of aliphatic imine (C=N–C) groups is 1. The summed E-state index contributed by atoms with van der Waals surface area (Å²) in [6, 6.07) is 16.4. The van der Waals surface area contributed by atoms with Crippen LogP contribution in [0.2, 0.25) is 10.0 Å². The maximum atomic E-state index is 12.4. The molecule has 1 heterocycles. The molecule has 3 aromatic rings. The smallest absolute Gasteiger partial charge is 0.363 e. The minimum absolute atomic E-state index is 0.204. The first-order valence-electron chi connectivity index (χ1n) is 9.57. The Labute approximate surface area is 222 Å². The summed E-state index contributed by atoms with van der Waals surface area (Å²) < 4.78 is 18.6. The molecule has 0 aliphatic carbocycles. The van der Waals surface area contributed by atoms with Crippen molar-refractivity contribution in [2.24, 2.45) is 4.99 Å². The van der Waals surface area contributed by atoms with E-state index in [1.165, 1.54) is 0 Å². The summed E-state index contributed by atoms with van der Waals surface area (Å²) in [5.41, 5.74) is 2.52. The second-order valence-electron chi connectivity index (χ2n) is 6.91. The molecule has 0 radical (unpaired) electrons. The van der Waals surface area contributed by atoms with E-state index in [1.807, 2.05) is 36.4 Å². The third kappa shape index (κ3) is 5.71. The molecule has 0 N–H and O–H groups in total. The first-order chi connectivity index (χ1) is 15.8. The van der Waals surface area contributed by atoms with Crippen molar-refractivity contribution in [2.75, 3.05) is 7.11 Å². The van der Waals surface area contributed by atoms with Gasteiger partial charge < -0.3 is 14.2 Å². The number of hydrogen-bond acceptors (Lipinski definition) is 5. The highest BCUT2D eigenvalue weighted by molar-refractivity contribution is 14.1. The monoisotopic (exact) mass is 657 g/mol. The summed E-state index contributed by atoms with van der Waals surface area (Å²) >= 11 is 17.6. The molecule has 0 saturated heterocycles. The highest BCUT2D eigenvalue weighted by atomic mass is 127. The van der Waals surface area contributed by atoms with Crippen LogP contribution in [-0.2, 0) is 16.1 Å². The second kappa shape index (κ2) is 10.5. The van der Waals surface area contributed by atoms with Gasteiger partial charge in [0.25, 0.3) is 0 Å². The fraction of sp³-hybridized carbons (Fsp3) is 0.0833. The summed E-state index contributed by atoms with van der Waals surface area (Å²) in [7, 11) is 1.56. The van der Waals surface area contributed by atoms with Crippen LogP contribution in [0.5, 0.6) is 11.5 Å². The van der Waals surface area contributed by atoms with Gasteiger partial charge in [0.2, 0.25) is 5.90 Å². The van der Waals surface area contributed by atoms with Gasteiger partial charge >= 0.3 is 5.97 Å². The van der Waals surface area contributed by atoms with Crippen LogP contribution < -0.4 is 9.47 Å². The highest BCUT2D eigenvalue weighted by Gasteiger charge is 2.24. The SMILES string of the molecule is COc1cc(/C=C2\N=C(c3ccc(Br)cc3)OC2=O)cc(I)c1OCc1ccc(Cl)c(Cl)c1. The zero-order chi connectivity index (χ0) is 23.5. The van der Waals surface area contributed by atoms with Crippen LogP contribution in [0.4, 0.5) is 0 Å². The summed E-state index contributed by atoms with van der Waals surface area (Å²) in [5.74, 6) is 0.862. The Kier molecular flexibility index (Phi) is 7.63. The van der Waals surface area contributed by atoms with Gasteiger partial charge in [0, 0.05) is 10.0 Å². The maximum absolute atomic E-state index is 12.4. The van der Waals surface area contributed by atoms with Gasteiger partial charge in [-0.25, -0.2) is 9.79 Å². The second-order valence-corrected chi connectivity index (χ2v) is 9.81. The van der Waals surface area contributed by atoms with Gasteiger partial charge in [-0.1, -0.05) is 45.2 Å². The first kappa shape index (κ1) is 24.1. The normalized spacial score (nSPS) is 14.3. The average molecular weight is 659 g/mol. The summed E-state index contributed by atoms with van der Waals surface area (Å²) in [4.78, 5) is 16.7. The number of hydrogen-bond donors (Lipinski definition) is 0. The van der Waals surface area contributed by atoms with E-state index in [-0.39, 0.29) is 18.2 Å². The number of methoxy groups -OCH3 is 1. The molecule has 168 valence electrons. The zero-order valence-electron chi connectivity index (χ0n) is 17.1. The van der Waals surface area contributed by atoms with Gasteiger partial charge in [-0.05, 0) is 88.3 Å². The molecular weight excluding hydrogens is 644 g/mol. The Balaban J connectivity index is 1.58. The molecule has 0 spiro atoms. The number of esters is 1. The Hall–Kier alpha value is -2.07. The number of carbonyl (C=O) groups is 1. The molecule has 5 nitrogen and oxygen atoms in total. The van der Waals surface area contributed by atoms with E-state index in [4.69, 9.17) is 37.4 Å². The van der Waals surface area contributed by atoms with Gasteiger partial charge in [-0.2, -0.15) is 0 Å². The third-order valence-corrected chi connectivity index (χ3v) is 6.70. The molecule has 0 atom stereocenters. The summed E-state index contributed by atoms with van der Waals surface area (Å²) in [6.45, 7) is 0.289. The topological polar surface area (TPSA) is 57.1 Å². The van der Waals surface area contributed by atoms with Crippen LogP contribution in [0.1, 0.15) is 16.7 Å². The van der Waals surface area contributed by atoms with Gasteiger partial charge in [-0.3, -0.25) is 0 Å². The number of halogens is 4. The molecule has 0 fully saturated rings. The Morgan fingerprint density at radius 3 is 2.55 bits per heavy atom. The van der Waals surface area contributed by atoms with Crippen molar-refractivity contribution in [1.29, 1.82) is 0 Å². The maximum Gasteiger partial charge on any atom is 0.363 e. The van der Waals surface area contributed by atoms with Crippen molar-refractivity contribution in [3.05, 3.63) is 95.1 Å². The molecule has 0 saturated carbocycles. The van der Waals surface area contributed by atoms with E-state index < -0.39 is 5.97 Å². The van der Waals surface area contributed by atoms with Crippen LogP contribution in [0.15, 0.2) is 69.8 Å². The van der Waals surface area contributed by atoms with Gasteiger partial charge in [-0.15, -0.1) is 0 Å². The lowest BCUT2D eigenvalue weighted by atomic mass is 10.1. The first-order valence-corrected chi connectivity index (χ1v) is 12.2. The van der Waals surface area contributed by atoms with Gasteiger partial charge in [0.1, 0.15) is 6.61 Å². The van der Waals surface area contributed by atoms with E-state index in [0.29, 0.717) is 27.1 Å².